The molecule has 0 fully saturated rings. The van der Waals surface area contributed by atoms with Crippen LogP contribution in [-0.2, 0) is 17.8 Å². The van der Waals surface area contributed by atoms with Crippen molar-refractivity contribution in [2.24, 2.45) is 5.10 Å². The molecule has 4 aromatic carbocycles. The number of methoxy groups -OCH3 is 1. The first-order chi connectivity index (χ1) is 18.1. The molecule has 0 aliphatic rings. The van der Waals surface area contributed by atoms with Crippen LogP contribution in [0.2, 0.25) is 0 Å². The number of aromatic amines is 1. The summed E-state index contributed by atoms with van der Waals surface area (Å²) < 4.78 is 12.9. The van der Waals surface area contributed by atoms with Crippen molar-refractivity contribution in [3.05, 3.63) is 124 Å². The maximum atomic E-state index is 11.6. The molecule has 5 rings (SSSR count). The second-order valence-corrected chi connectivity index (χ2v) is 8.72. The van der Waals surface area contributed by atoms with E-state index in [1.165, 1.54) is 17.9 Å². The maximum absolute atomic E-state index is 11.6. The van der Waals surface area contributed by atoms with Crippen molar-refractivity contribution in [2.75, 3.05) is 7.11 Å². The summed E-state index contributed by atoms with van der Waals surface area (Å²) in [6, 6.07) is 29.3. The quantitative estimate of drug-likeness (QED) is 0.160. The third-order valence-electron chi connectivity index (χ3n) is 5.95. The molecule has 1 N–H and O–H groups in total. The minimum atomic E-state index is -0.369. The maximum Gasteiger partial charge on any atom is 0.337 e. The molecule has 8 heteroatoms. The second kappa shape index (κ2) is 11.0. The fourth-order valence-corrected chi connectivity index (χ4v) is 4.23. The number of para-hydroxylation sites is 1. The summed E-state index contributed by atoms with van der Waals surface area (Å²) in [7, 11) is 1.36. The van der Waals surface area contributed by atoms with E-state index < -0.39 is 0 Å². The summed E-state index contributed by atoms with van der Waals surface area (Å²) in [5, 5.41) is 14.3. The average molecular weight is 509 g/mol. The van der Waals surface area contributed by atoms with Gasteiger partial charge in [-0.2, -0.15) is 14.9 Å². The number of esters is 1. The van der Waals surface area contributed by atoms with Gasteiger partial charge in [0.1, 0.15) is 12.4 Å². The number of nitrogens with one attached hydrogen (secondary N) is 1. The zero-order valence-corrected chi connectivity index (χ0v) is 20.9. The topological polar surface area (TPSA) is 81.5 Å². The minimum absolute atomic E-state index is 0.337. The molecule has 5 aromatic rings. The van der Waals surface area contributed by atoms with Gasteiger partial charge in [0.2, 0.25) is 4.77 Å². The van der Waals surface area contributed by atoms with Gasteiger partial charge in [0.05, 0.1) is 18.9 Å². The molecule has 0 saturated heterocycles. The molecule has 0 aliphatic carbocycles. The van der Waals surface area contributed by atoms with Gasteiger partial charge in [-0.25, -0.2) is 4.79 Å². The Kier molecular flexibility index (Phi) is 7.19. The van der Waals surface area contributed by atoms with E-state index in [9.17, 15) is 4.79 Å². The van der Waals surface area contributed by atoms with Gasteiger partial charge in [-0.1, -0.05) is 66.7 Å². The molecule has 0 saturated carbocycles. The van der Waals surface area contributed by atoms with Gasteiger partial charge in [0, 0.05) is 12.0 Å². The third kappa shape index (κ3) is 5.49. The van der Waals surface area contributed by atoms with Crippen LogP contribution >= 0.6 is 12.2 Å². The number of fused-ring (bicyclic) bond motifs is 1. The van der Waals surface area contributed by atoms with Gasteiger partial charge >= 0.3 is 5.97 Å². The number of nitrogens with zero attached hydrogens (tertiary/aromatic N) is 3. The van der Waals surface area contributed by atoms with E-state index >= 15 is 0 Å². The van der Waals surface area contributed by atoms with Crippen molar-refractivity contribution < 1.29 is 14.3 Å². The molecule has 0 atom stereocenters. The van der Waals surface area contributed by atoms with Crippen LogP contribution in [0.15, 0.2) is 96.1 Å². The van der Waals surface area contributed by atoms with Gasteiger partial charge in [-0.15, -0.1) is 0 Å². The average Bonchev–Trinajstić information content (AvgIpc) is 3.29. The van der Waals surface area contributed by atoms with Crippen LogP contribution in [0.4, 0.5) is 0 Å². The van der Waals surface area contributed by atoms with Gasteiger partial charge in [-0.3, -0.25) is 5.10 Å². The Balaban J connectivity index is 1.34. The number of benzene rings is 4. The highest BCUT2D eigenvalue weighted by Crippen LogP contribution is 2.22. The molecule has 1 heterocycles. The Hall–Kier alpha value is -4.56. The first-order valence-electron chi connectivity index (χ1n) is 11.7. The SMILES string of the molecule is COC(=O)c1ccc(COc2ccccc2/C=N/n2c(Cc3cccc4ccccc34)n[nH]c2=S)cc1. The van der Waals surface area contributed by atoms with Crippen LogP contribution in [0, 0.1) is 4.77 Å². The number of ether oxygens (including phenoxy) is 2. The van der Waals surface area contributed by atoms with Crippen molar-refractivity contribution in [3.8, 4) is 5.75 Å². The molecule has 0 spiro atoms. The first-order valence-corrected chi connectivity index (χ1v) is 12.1. The zero-order valence-electron chi connectivity index (χ0n) is 20.1. The van der Waals surface area contributed by atoms with E-state index in [1.54, 1.807) is 23.0 Å². The molecular formula is C29H24N4O3S. The molecule has 0 bridgehead atoms. The van der Waals surface area contributed by atoms with Crippen LogP contribution < -0.4 is 4.74 Å². The lowest BCUT2D eigenvalue weighted by Crippen LogP contribution is -2.03. The van der Waals surface area contributed by atoms with Gasteiger partial charge in [0.15, 0.2) is 5.82 Å². The normalized spacial score (nSPS) is 11.2. The molecule has 37 heavy (non-hydrogen) atoms. The summed E-state index contributed by atoms with van der Waals surface area (Å²) >= 11 is 5.45. The lowest BCUT2D eigenvalue weighted by Gasteiger charge is -2.10. The summed E-state index contributed by atoms with van der Waals surface area (Å²) in [5.74, 6) is 1.02. The molecule has 0 radical (unpaired) electrons. The van der Waals surface area contributed by atoms with Crippen molar-refractivity contribution in [3.63, 3.8) is 0 Å². The fraction of sp³-hybridized carbons (Fsp3) is 0.103. The lowest BCUT2D eigenvalue weighted by atomic mass is 10.0. The number of H-pyrrole nitrogens is 1. The van der Waals surface area contributed by atoms with Gasteiger partial charge in [-0.05, 0) is 58.4 Å². The van der Waals surface area contributed by atoms with Crippen LogP contribution in [0.3, 0.4) is 0 Å². The highest BCUT2D eigenvalue weighted by molar-refractivity contribution is 7.71. The molecular weight excluding hydrogens is 484 g/mol. The minimum Gasteiger partial charge on any atom is -0.488 e. The number of hydrogen-bond donors (Lipinski definition) is 1. The highest BCUT2D eigenvalue weighted by Gasteiger charge is 2.10. The van der Waals surface area contributed by atoms with Crippen molar-refractivity contribution in [1.82, 2.24) is 14.9 Å². The largest absolute Gasteiger partial charge is 0.488 e. The molecule has 0 aliphatic heterocycles. The Morgan fingerprint density at radius 2 is 1.76 bits per heavy atom. The van der Waals surface area contributed by atoms with Crippen LogP contribution in [-0.4, -0.2) is 34.2 Å². The number of carbonyl (C=O) groups is 1. The molecule has 184 valence electrons. The zero-order chi connectivity index (χ0) is 25.6. The number of hydrogen-bond acceptors (Lipinski definition) is 6. The Morgan fingerprint density at radius 1 is 1.00 bits per heavy atom. The second-order valence-electron chi connectivity index (χ2n) is 8.33. The summed E-state index contributed by atoms with van der Waals surface area (Å²) in [6.07, 6.45) is 2.29. The van der Waals surface area contributed by atoms with Crippen molar-refractivity contribution in [1.29, 1.82) is 0 Å². The van der Waals surface area contributed by atoms with E-state index in [2.05, 4.69) is 39.6 Å². The van der Waals surface area contributed by atoms with E-state index in [0.717, 1.165) is 16.7 Å². The predicted octanol–water partition coefficient (Wildman–Crippen LogP) is 5.93. The van der Waals surface area contributed by atoms with E-state index in [4.69, 9.17) is 21.7 Å². The van der Waals surface area contributed by atoms with E-state index in [0.29, 0.717) is 34.9 Å². The van der Waals surface area contributed by atoms with Gasteiger partial charge in [0.25, 0.3) is 0 Å². The van der Waals surface area contributed by atoms with E-state index in [-0.39, 0.29) is 5.97 Å². The molecule has 1 aromatic heterocycles. The highest BCUT2D eigenvalue weighted by atomic mass is 32.1. The predicted molar refractivity (Wildman–Crippen MR) is 146 cm³/mol. The van der Waals surface area contributed by atoms with Crippen LogP contribution in [0.5, 0.6) is 5.75 Å². The Bertz CT molecular complexity index is 1630. The lowest BCUT2D eigenvalue weighted by molar-refractivity contribution is 0.0600. The Labute approximate surface area is 219 Å². The standard InChI is InChI=1S/C29H24N4O3S/c1-35-28(34)22-15-13-20(14-16-22)19-36-26-12-5-3-8-24(26)18-30-33-27(31-32-29(33)37)17-23-10-6-9-21-7-2-4-11-25(21)23/h2-16,18H,17,19H2,1H3,(H,32,37)/b30-18+. The van der Waals surface area contributed by atoms with Crippen molar-refractivity contribution in [2.45, 2.75) is 13.0 Å². The van der Waals surface area contributed by atoms with Gasteiger partial charge < -0.3 is 9.47 Å². The summed E-state index contributed by atoms with van der Waals surface area (Å²) in [6.45, 7) is 0.337. The van der Waals surface area contributed by atoms with E-state index in [1.807, 2.05) is 54.6 Å². The third-order valence-corrected chi connectivity index (χ3v) is 6.21. The number of aromatic nitrogens is 3. The first kappa shape index (κ1) is 24.1. The van der Waals surface area contributed by atoms with Crippen molar-refractivity contribution >= 4 is 35.2 Å². The Morgan fingerprint density at radius 3 is 2.59 bits per heavy atom. The molecule has 0 amide bonds. The summed E-state index contributed by atoms with van der Waals surface area (Å²) in [4.78, 5) is 11.6. The monoisotopic (exact) mass is 508 g/mol. The fourth-order valence-electron chi connectivity index (χ4n) is 4.03. The number of carbonyl (C=O) groups excluding carboxylic acids is 1. The smallest absolute Gasteiger partial charge is 0.337 e. The molecule has 7 nitrogen and oxygen atoms in total. The summed E-state index contributed by atoms with van der Waals surface area (Å²) in [5.41, 5.74) is 3.36. The molecule has 0 unspecified atom stereocenters. The van der Waals surface area contributed by atoms with Crippen LogP contribution in [0.1, 0.15) is 32.9 Å². The number of rotatable bonds is 8. The van der Waals surface area contributed by atoms with Crippen LogP contribution in [0.25, 0.3) is 10.8 Å².